The van der Waals surface area contributed by atoms with Crippen molar-refractivity contribution in [1.82, 2.24) is 15.3 Å². The second kappa shape index (κ2) is 12.7. The summed E-state index contributed by atoms with van der Waals surface area (Å²) in [5, 5.41) is 12.8. The zero-order chi connectivity index (χ0) is 21.8. The predicted octanol–water partition coefficient (Wildman–Crippen LogP) is 1.40. The van der Waals surface area contributed by atoms with E-state index in [0.29, 0.717) is 36.8 Å². The van der Waals surface area contributed by atoms with Crippen molar-refractivity contribution in [1.29, 1.82) is 0 Å². The number of aliphatic imine (C=N–C) groups is 1. The van der Waals surface area contributed by atoms with E-state index < -0.39 is 12.0 Å². The van der Waals surface area contributed by atoms with Crippen LogP contribution in [0.3, 0.4) is 0 Å². The molecule has 0 saturated heterocycles. The van der Waals surface area contributed by atoms with E-state index in [-0.39, 0.29) is 24.2 Å². The Bertz CT molecular complexity index is 630. The van der Waals surface area contributed by atoms with Gasteiger partial charge in [0.1, 0.15) is 11.9 Å². The van der Waals surface area contributed by atoms with E-state index in [4.69, 9.17) is 5.73 Å². The average Bonchev–Trinajstić information content (AvgIpc) is 2.67. The minimum atomic E-state index is -0.721. The van der Waals surface area contributed by atoms with Crippen molar-refractivity contribution in [3.63, 3.8) is 0 Å². The molecule has 1 aliphatic carbocycles. The van der Waals surface area contributed by atoms with Gasteiger partial charge in [-0.2, -0.15) is 0 Å². The molecule has 0 aromatic rings. The van der Waals surface area contributed by atoms with Gasteiger partial charge in [-0.15, -0.1) is 0 Å². The molecule has 0 aromatic carbocycles. The topological polar surface area (TPSA) is 128 Å². The van der Waals surface area contributed by atoms with Crippen LogP contribution >= 0.6 is 0 Å². The third-order valence-corrected chi connectivity index (χ3v) is 5.15. The third kappa shape index (κ3) is 7.34. The molecule has 29 heavy (non-hydrogen) atoms. The summed E-state index contributed by atoms with van der Waals surface area (Å²) < 4.78 is 0. The maximum absolute atomic E-state index is 13.3. The number of carbonyl (C=O) groups excluding carboxylic acids is 3. The zero-order valence-electron chi connectivity index (χ0n) is 17.3. The maximum Gasteiger partial charge on any atom is 0.248 e. The highest BCUT2D eigenvalue weighted by Gasteiger charge is 2.35. The number of rotatable bonds is 12. The average molecular weight is 408 g/mol. The van der Waals surface area contributed by atoms with Crippen LogP contribution in [-0.2, 0) is 14.4 Å². The van der Waals surface area contributed by atoms with Crippen LogP contribution in [0.2, 0.25) is 0 Å². The Morgan fingerprint density at radius 1 is 1.38 bits per heavy atom. The summed E-state index contributed by atoms with van der Waals surface area (Å²) in [5.74, 6) is -0.581. The molecule has 162 valence electrons. The van der Waals surface area contributed by atoms with Crippen molar-refractivity contribution in [2.45, 2.75) is 52.0 Å². The van der Waals surface area contributed by atoms with Gasteiger partial charge in [0.2, 0.25) is 18.2 Å². The first-order chi connectivity index (χ1) is 13.9. The number of carbonyl (C=O) groups is 3. The Kier molecular flexibility index (Phi) is 10.7. The van der Waals surface area contributed by atoms with Gasteiger partial charge in [-0.1, -0.05) is 32.8 Å². The molecule has 0 aromatic heterocycles. The van der Waals surface area contributed by atoms with Crippen LogP contribution in [0.15, 0.2) is 30.0 Å². The first kappa shape index (κ1) is 24.4. The number of hydrogen-bond donors (Lipinski definition) is 3. The molecule has 0 spiro atoms. The smallest absolute Gasteiger partial charge is 0.248 e. The van der Waals surface area contributed by atoms with Gasteiger partial charge in [0.05, 0.1) is 12.5 Å². The first-order valence-electron chi connectivity index (χ1n) is 10.0. The molecule has 9 heteroatoms. The van der Waals surface area contributed by atoms with Gasteiger partial charge in [0.25, 0.3) is 0 Å². The van der Waals surface area contributed by atoms with E-state index in [1.165, 1.54) is 23.4 Å². The van der Waals surface area contributed by atoms with Crippen LogP contribution in [0, 0.1) is 11.8 Å². The lowest BCUT2D eigenvalue weighted by molar-refractivity contribution is -0.159. The molecule has 1 fully saturated rings. The molecule has 0 unspecified atom stereocenters. The quantitative estimate of drug-likeness (QED) is 0.148. The molecule has 1 rings (SSSR count). The van der Waals surface area contributed by atoms with E-state index in [1.54, 1.807) is 6.92 Å². The monoisotopic (exact) mass is 407 g/mol. The largest absolute Gasteiger partial charge is 0.404 e. The third-order valence-electron chi connectivity index (χ3n) is 5.15. The highest BCUT2D eigenvalue weighted by Crippen LogP contribution is 2.33. The molecular weight excluding hydrogens is 374 g/mol. The first-order valence-corrected chi connectivity index (χ1v) is 10.0. The lowest BCUT2D eigenvalue weighted by Crippen LogP contribution is -2.53. The van der Waals surface area contributed by atoms with E-state index >= 15 is 0 Å². The fourth-order valence-corrected chi connectivity index (χ4v) is 3.48. The number of nitrogens with zero attached hydrogens (tertiary/aromatic N) is 3. The molecule has 3 amide bonds. The molecule has 9 nitrogen and oxygen atoms in total. The van der Waals surface area contributed by atoms with Gasteiger partial charge in [0, 0.05) is 12.7 Å². The lowest BCUT2D eigenvalue weighted by Gasteiger charge is -2.35. The Labute approximate surface area is 172 Å². The Balaban J connectivity index is 3.00. The lowest BCUT2D eigenvalue weighted by atomic mass is 9.78. The fourth-order valence-electron chi connectivity index (χ4n) is 3.48. The van der Waals surface area contributed by atoms with Gasteiger partial charge in [0.15, 0.2) is 0 Å². The van der Waals surface area contributed by atoms with Crippen molar-refractivity contribution in [3.05, 3.63) is 25.1 Å². The summed E-state index contributed by atoms with van der Waals surface area (Å²) in [7, 11) is 0. The molecule has 1 saturated carbocycles. The number of likely N-dealkylation sites (N-methyl/N-ethyl adjacent to an activating group) is 1. The molecule has 4 N–H and O–H groups in total. The summed E-state index contributed by atoms with van der Waals surface area (Å²) in [6.07, 6.45) is 8.41. The van der Waals surface area contributed by atoms with E-state index in [2.05, 4.69) is 16.9 Å². The van der Waals surface area contributed by atoms with Crippen LogP contribution in [-0.4, -0.2) is 58.4 Å². The summed E-state index contributed by atoms with van der Waals surface area (Å²) in [6.45, 7) is 7.34. The Hall–Kier alpha value is -2.68. The SMILES string of the molecule is C=CN=C(/C=C\N)NC(=O)[C@H](CC)N(CC)C(=O)[C@H](CC1CCC1)CN(O)C=O. The van der Waals surface area contributed by atoms with Crippen LogP contribution in [0.25, 0.3) is 0 Å². The molecule has 0 bridgehead atoms. The van der Waals surface area contributed by atoms with Crippen LogP contribution in [0.1, 0.15) is 46.0 Å². The number of amides is 3. The fraction of sp³-hybridized carbons (Fsp3) is 0.600. The second-order valence-corrected chi connectivity index (χ2v) is 7.05. The number of amidine groups is 1. The highest BCUT2D eigenvalue weighted by atomic mass is 16.5. The van der Waals surface area contributed by atoms with Crippen LogP contribution < -0.4 is 11.1 Å². The molecule has 2 atom stereocenters. The van der Waals surface area contributed by atoms with Gasteiger partial charge in [-0.05, 0) is 38.0 Å². The summed E-state index contributed by atoms with van der Waals surface area (Å²) in [5.41, 5.74) is 5.37. The predicted molar refractivity (Wildman–Crippen MR) is 111 cm³/mol. The number of nitrogens with one attached hydrogen (secondary N) is 1. The molecule has 1 aliphatic rings. The van der Waals surface area contributed by atoms with E-state index in [1.807, 2.05) is 6.92 Å². The molecular formula is C20H33N5O4. The van der Waals surface area contributed by atoms with Crippen molar-refractivity contribution in [2.75, 3.05) is 13.1 Å². The minimum Gasteiger partial charge on any atom is -0.404 e. The van der Waals surface area contributed by atoms with Crippen molar-refractivity contribution in [3.8, 4) is 0 Å². The van der Waals surface area contributed by atoms with E-state index in [0.717, 1.165) is 19.3 Å². The molecule has 0 radical (unpaired) electrons. The number of hydrogen-bond acceptors (Lipinski definition) is 6. The van der Waals surface area contributed by atoms with Gasteiger partial charge < -0.3 is 16.0 Å². The molecule has 0 aliphatic heterocycles. The highest BCUT2D eigenvalue weighted by molar-refractivity contribution is 6.06. The van der Waals surface area contributed by atoms with Gasteiger partial charge in [-0.3, -0.25) is 19.6 Å². The van der Waals surface area contributed by atoms with Crippen molar-refractivity contribution >= 4 is 24.1 Å². The second-order valence-electron chi connectivity index (χ2n) is 7.05. The Morgan fingerprint density at radius 3 is 2.52 bits per heavy atom. The standard InChI is InChI=1S/C20H33N5O4/c1-4-17(19(27)23-18(10-11-21)22-5-2)25(6-3)20(28)16(13-24(29)14-26)12-15-8-7-9-15/h5,10-11,14-17,29H,2,4,6-9,12-13,21H2,1,3H3,(H,22,23,27)/b11-10-/t16-,17+/m1/s1. The van der Waals surface area contributed by atoms with Crippen molar-refractivity contribution < 1.29 is 19.6 Å². The van der Waals surface area contributed by atoms with E-state index in [9.17, 15) is 19.6 Å². The van der Waals surface area contributed by atoms with Crippen LogP contribution in [0.5, 0.6) is 0 Å². The number of nitrogens with two attached hydrogens (primary N) is 1. The number of hydroxylamine groups is 2. The maximum atomic E-state index is 13.3. The summed E-state index contributed by atoms with van der Waals surface area (Å²) in [6, 6.07) is -0.721. The van der Waals surface area contributed by atoms with Gasteiger partial charge in [-0.25, -0.2) is 10.1 Å². The van der Waals surface area contributed by atoms with Crippen LogP contribution in [0.4, 0.5) is 0 Å². The zero-order valence-corrected chi connectivity index (χ0v) is 17.3. The normalized spacial score (nSPS) is 16.6. The summed E-state index contributed by atoms with van der Waals surface area (Å²) in [4.78, 5) is 42.4. The van der Waals surface area contributed by atoms with Crippen molar-refractivity contribution in [2.24, 2.45) is 22.6 Å². The Morgan fingerprint density at radius 2 is 2.07 bits per heavy atom. The molecule has 0 heterocycles. The van der Waals surface area contributed by atoms with Gasteiger partial charge >= 0.3 is 0 Å². The minimum absolute atomic E-state index is 0.0908. The summed E-state index contributed by atoms with van der Waals surface area (Å²) >= 11 is 0.